The molecule has 10 nitrogen and oxygen atoms in total. The molecule has 0 bridgehead atoms. The number of nitrogens with zero attached hydrogens (tertiary/aromatic N) is 1. The van der Waals surface area contributed by atoms with Crippen LogP contribution in [0.2, 0.25) is 0 Å². The van der Waals surface area contributed by atoms with Gasteiger partial charge in [0.1, 0.15) is 6.10 Å². The number of nitroso groups, excluding NO2 is 1. The van der Waals surface area contributed by atoms with Crippen LogP contribution in [0, 0.1) is 4.91 Å². The number of hydrogen-bond donors (Lipinski definition) is 0. The summed E-state index contributed by atoms with van der Waals surface area (Å²) in [5, 5.41) is 2.43. The van der Waals surface area contributed by atoms with Crippen molar-refractivity contribution in [3.8, 4) is 0 Å². The van der Waals surface area contributed by atoms with Gasteiger partial charge in [0.25, 0.3) is 5.91 Å². The smallest absolute Gasteiger partial charge is 0.286 e. The van der Waals surface area contributed by atoms with Gasteiger partial charge in [0.15, 0.2) is 0 Å². The van der Waals surface area contributed by atoms with Crippen LogP contribution in [0.1, 0.15) is 89.9 Å². The Morgan fingerprint density at radius 3 is 1.87 bits per heavy atom. The third kappa shape index (κ3) is 29.4. The van der Waals surface area contributed by atoms with Gasteiger partial charge in [0.05, 0.1) is 72.7 Å². The van der Waals surface area contributed by atoms with E-state index in [1.165, 1.54) is 31.3 Å². The van der Waals surface area contributed by atoms with Crippen molar-refractivity contribution in [2.24, 2.45) is 5.18 Å². The maximum absolute atomic E-state index is 10.9. The Morgan fingerprint density at radius 2 is 1.24 bits per heavy atom. The predicted molar refractivity (Wildman–Crippen MR) is 178 cm³/mol. The van der Waals surface area contributed by atoms with Crippen molar-refractivity contribution in [2.75, 3.05) is 85.9 Å². The zero-order valence-corrected chi connectivity index (χ0v) is 27.8. The molecule has 0 aromatic heterocycles. The second kappa shape index (κ2) is 33.6. The normalized spacial score (nSPS) is 13.6. The van der Waals surface area contributed by atoms with Gasteiger partial charge in [-0.05, 0) is 50.5 Å². The van der Waals surface area contributed by atoms with Crippen LogP contribution < -0.4 is 0 Å². The SMILES string of the molecule is C=CCCCCCCCOCC(COCCOCCOCCOCCOCC1=CCCC=C1)OCCCCCCCC(=O)N=O. The summed E-state index contributed by atoms with van der Waals surface area (Å²) in [4.78, 5) is 21.1. The molecule has 1 atom stereocenters. The van der Waals surface area contributed by atoms with Gasteiger partial charge in [-0.3, -0.25) is 4.79 Å². The first-order valence-electron chi connectivity index (χ1n) is 17.2. The Morgan fingerprint density at radius 1 is 0.689 bits per heavy atom. The van der Waals surface area contributed by atoms with Crippen LogP contribution in [0.15, 0.2) is 41.6 Å². The van der Waals surface area contributed by atoms with Crippen LogP contribution in [0.5, 0.6) is 0 Å². The number of carbonyl (C=O) groups excluding carboxylic acids is 1. The minimum atomic E-state index is -0.563. The minimum Gasteiger partial charge on any atom is -0.379 e. The molecule has 0 aliphatic heterocycles. The highest BCUT2D eigenvalue weighted by Gasteiger charge is 2.10. The number of rotatable bonds is 35. The first-order chi connectivity index (χ1) is 22.3. The van der Waals surface area contributed by atoms with Crippen molar-refractivity contribution in [3.05, 3.63) is 41.4 Å². The fourth-order valence-electron chi connectivity index (χ4n) is 4.54. The van der Waals surface area contributed by atoms with E-state index >= 15 is 0 Å². The summed E-state index contributed by atoms with van der Waals surface area (Å²) >= 11 is 0. The molecule has 0 saturated heterocycles. The average molecular weight is 640 g/mol. The zero-order valence-electron chi connectivity index (χ0n) is 27.8. The second-order valence-corrected chi connectivity index (χ2v) is 11.1. The van der Waals surface area contributed by atoms with Crippen molar-refractivity contribution in [3.63, 3.8) is 0 Å². The summed E-state index contributed by atoms with van der Waals surface area (Å²) in [7, 11) is 0. The molecule has 0 aromatic carbocycles. The van der Waals surface area contributed by atoms with Crippen molar-refractivity contribution < 1.29 is 38.0 Å². The molecule has 10 heteroatoms. The quantitative estimate of drug-likeness (QED) is 0.0415. The lowest BCUT2D eigenvalue weighted by Crippen LogP contribution is -2.27. The number of ether oxygens (including phenoxy) is 7. The molecule has 1 unspecified atom stereocenters. The van der Waals surface area contributed by atoms with E-state index in [1.54, 1.807) is 0 Å². The van der Waals surface area contributed by atoms with Gasteiger partial charge >= 0.3 is 0 Å². The highest BCUT2D eigenvalue weighted by molar-refractivity contribution is 5.76. The van der Waals surface area contributed by atoms with Crippen molar-refractivity contribution in [1.29, 1.82) is 0 Å². The van der Waals surface area contributed by atoms with E-state index in [4.69, 9.17) is 33.2 Å². The maximum atomic E-state index is 10.9. The molecule has 0 heterocycles. The molecule has 0 N–H and O–H groups in total. The number of amides is 1. The highest BCUT2D eigenvalue weighted by Crippen LogP contribution is 2.10. The lowest BCUT2D eigenvalue weighted by Gasteiger charge is -2.18. The maximum Gasteiger partial charge on any atom is 0.286 e. The molecule has 1 amide bonds. The average Bonchev–Trinajstić information content (AvgIpc) is 3.06. The van der Waals surface area contributed by atoms with E-state index in [9.17, 15) is 9.70 Å². The molecule has 0 saturated carbocycles. The van der Waals surface area contributed by atoms with Crippen LogP contribution in [0.4, 0.5) is 0 Å². The molecule has 260 valence electrons. The first-order valence-corrected chi connectivity index (χ1v) is 17.2. The topological polar surface area (TPSA) is 111 Å². The molecule has 45 heavy (non-hydrogen) atoms. The summed E-state index contributed by atoms with van der Waals surface area (Å²) in [6.45, 7) is 10.9. The van der Waals surface area contributed by atoms with Gasteiger partial charge in [-0.25, -0.2) is 0 Å². The van der Waals surface area contributed by atoms with Gasteiger partial charge in [0, 0.05) is 24.8 Å². The van der Waals surface area contributed by atoms with Crippen molar-refractivity contribution in [1.82, 2.24) is 0 Å². The Bertz CT molecular complexity index is 759. The summed E-state index contributed by atoms with van der Waals surface area (Å²) in [6, 6.07) is 0. The van der Waals surface area contributed by atoms with Crippen molar-refractivity contribution in [2.45, 2.75) is 96.0 Å². The van der Waals surface area contributed by atoms with Gasteiger partial charge in [-0.1, -0.05) is 62.8 Å². The molecular formula is C35H61NO9. The predicted octanol–water partition coefficient (Wildman–Crippen LogP) is 6.91. The van der Waals surface area contributed by atoms with E-state index in [-0.39, 0.29) is 12.5 Å². The van der Waals surface area contributed by atoms with E-state index in [0.29, 0.717) is 85.7 Å². The molecule has 0 fully saturated rings. The number of hydrogen-bond acceptors (Lipinski definition) is 9. The van der Waals surface area contributed by atoms with E-state index in [0.717, 1.165) is 58.0 Å². The lowest BCUT2D eigenvalue weighted by atomic mass is 10.1. The fourth-order valence-corrected chi connectivity index (χ4v) is 4.54. The largest absolute Gasteiger partial charge is 0.379 e. The fraction of sp³-hybridized carbons (Fsp3) is 0.800. The van der Waals surface area contributed by atoms with Crippen LogP contribution >= 0.6 is 0 Å². The molecule has 0 spiro atoms. The molecule has 0 radical (unpaired) electrons. The van der Waals surface area contributed by atoms with Crippen LogP contribution in [-0.4, -0.2) is 97.9 Å². The minimum absolute atomic E-state index is 0.121. The van der Waals surface area contributed by atoms with E-state index in [1.807, 2.05) is 6.08 Å². The molecule has 1 aliphatic rings. The van der Waals surface area contributed by atoms with Crippen LogP contribution in [-0.2, 0) is 38.0 Å². The summed E-state index contributed by atoms with van der Waals surface area (Å²) in [5.74, 6) is -0.563. The van der Waals surface area contributed by atoms with E-state index < -0.39 is 5.91 Å². The monoisotopic (exact) mass is 639 g/mol. The summed E-state index contributed by atoms with van der Waals surface area (Å²) < 4.78 is 40.1. The third-order valence-corrected chi connectivity index (χ3v) is 7.12. The Balaban J connectivity index is 2.02. The Kier molecular flexibility index (Phi) is 30.8. The van der Waals surface area contributed by atoms with Gasteiger partial charge < -0.3 is 33.2 Å². The first kappa shape index (κ1) is 41.2. The molecular weight excluding hydrogens is 578 g/mol. The van der Waals surface area contributed by atoms with Crippen LogP contribution in [0.25, 0.3) is 0 Å². The zero-order chi connectivity index (χ0) is 32.3. The number of allylic oxidation sites excluding steroid dienone is 3. The molecule has 1 aliphatic carbocycles. The molecule has 0 aromatic rings. The summed E-state index contributed by atoms with van der Waals surface area (Å²) in [5.41, 5.74) is 1.24. The highest BCUT2D eigenvalue weighted by atomic mass is 16.6. The standard InChI is InChI=1S/C35H61NO9/c1-2-3-4-5-6-9-15-20-42-31-34(45-21-16-10-7-8-14-19-35(37)36-38)32-44-29-27-41-25-23-39-22-24-40-26-28-43-30-33-17-12-11-13-18-33/h2,12,17-18,34H,1,3-11,13-16,19-32H2. The lowest BCUT2D eigenvalue weighted by molar-refractivity contribution is -0.118. The summed E-state index contributed by atoms with van der Waals surface area (Å²) in [6.07, 6.45) is 22.4. The van der Waals surface area contributed by atoms with Gasteiger partial charge in [-0.15, -0.1) is 11.5 Å². The number of carbonyl (C=O) groups is 1. The van der Waals surface area contributed by atoms with E-state index in [2.05, 4.69) is 30.0 Å². The molecule has 1 rings (SSSR count). The number of unbranched alkanes of at least 4 members (excludes halogenated alkanes) is 9. The Hall–Kier alpha value is -1.79. The van der Waals surface area contributed by atoms with Crippen molar-refractivity contribution >= 4 is 5.91 Å². The van der Waals surface area contributed by atoms with Gasteiger partial charge in [-0.2, -0.15) is 0 Å². The second-order valence-electron chi connectivity index (χ2n) is 11.1. The van der Waals surface area contributed by atoms with Crippen LogP contribution in [0.3, 0.4) is 0 Å². The Labute approximate surface area is 272 Å². The third-order valence-electron chi connectivity index (χ3n) is 7.12. The van der Waals surface area contributed by atoms with Gasteiger partial charge in [0.2, 0.25) is 0 Å².